The molecular formula is C32H34F3NO4. The number of carbonyl (C=O) groups is 2. The first-order valence-electron chi connectivity index (χ1n) is 13.4. The zero-order chi connectivity index (χ0) is 29.1. The van der Waals surface area contributed by atoms with Gasteiger partial charge in [0.25, 0.3) is 5.91 Å². The number of unbranched alkanes of at least 4 members (excludes halogenated alkanes) is 5. The lowest BCUT2D eigenvalue weighted by Crippen LogP contribution is -2.29. The average molecular weight is 554 g/mol. The molecule has 0 radical (unpaired) electrons. The largest absolute Gasteiger partial charge is 0.507 e. The van der Waals surface area contributed by atoms with Crippen LogP contribution in [-0.4, -0.2) is 22.1 Å². The number of hydrogen-bond acceptors (Lipinski definition) is 3. The number of hydrogen-bond donors (Lipinski definition) is 2. The number of aromatic carboxylic acids is 1. The third kappa shape index (κ3) is 9.00. The first-order valence-corrected chi connectivity index (χ1v) is 13.4. The third-order valence-electron chi connectivity index (χ3n) is 6.60. The first kappa shape index (κ1) is 30.5. The van der Waals surface area contributed by atoms with Crippen molar-refractivity contribution in [3.63, 3.8) is 0 Å². The topological polar surface area (TPSA) is 77.8 Å². The van der Waals surface area contributed by atoms with Crippen molar-refractivity contribution in [3.8, 4) is 5.75 Å². The summed E-state index contributed by atoms with van der Waals surface area (Å²) in [6.07, 6.45) is 6.09. The third-order valence-corrected chi connectivity index (χ3v) is 6.60. The Labute approximate surface area is 232 Å². The van der Waals surface area contributed by atoms with Gasteiger partial charge in [-0.3, -0.25) is 4.79 Å². The fourth-order valence-electron chi connectivity index (χ4n) is 4.34. The van der Waals surface area contributed by atoms with E-state index in [1.54, 1.807) is 0 Å². The summed E-state index contributed by atoms with van der Waals surface area (Å²) < 4.78 is 39.3. The van der Waals surface area contributed by atoms with Crippen LogP contribution in [0.5, 0.6) is 5.75 Å². The molecular weight excluding hydrogens is 519 g/mol. The summed E-state index contributed by atoms with van der Waals surface area (Å²) >= 11 is 0. The summed E-state index contributed by atoms with van der Waals surface area (Å²) in [5.74, 6) is -2.36. The van der Waals surface area contributed by atoms with E-state index in [1.807, 2.05) is 24.3 Å². The van der Waals surface area contributed by atoms with E-state index in [0.29, 0.717) is 0 Å². The van der Waals surface area contributed by atoms with E-state index >= 15 is 0 Å². The summed E-state index contributed by atoms with van der Waals surface area (Å²) in [4.78, 5) is 26.2. The van der Waals surface area contributed by atoms with Crippen molar-refractivity contribution < 1.29 is 33.0 Å². The van der Waals surface area contributed by atoms with Crippen LogP contribution in [0.2, 0.25) is 0 Å². The molecule has 0 heterocycles. The quantitative estimate of drug-likeness (QED) is 0.165. The molecule has 0 aromatic heterocycles. The average Bonchev–Trinajstić information content (AvgIpc) is 2.93. The number of halogens is 3. The second-order valence-corrected chi connectivity index (χ2v) is 9.72. The summed E-state index contributed by atoms with van der Waals surface area (Å²) in [6, 6.07) is 16.2. The second-order valence-electron chi connectivity index (χ2n) is 9.72. The monoisotopic (exact) mass is 553 g/mol. The zero-order valence-electron chi connectivity index (χ0n) is 22.5. The Morgan fingerprint density at radius 1 is 0.875 bits per heavy atom. The van der Waals surface area contributed by atoms with Crippen molar-refractivity contribution in [1.82, 2.24) is 0 Å². The van der Waals surface area contributed by atoms with Crippen LogP contribution in [0.25, 0.3) is 6.08 Å². The van der Waals surface area contributed by atoms with Gasteiger partial charge >= 0.3 is 12.1 Å². The highest BCUT2D eigenvalue weighted by Crippen LogP contribution is 2.30. The number of carboxylic acid groups (broad SMARTS) is 1. The molecule has 40 heavy (non-hydrogen) atoms. The molecule has 0 saturated carbocycles. The number of nitrogens with zero attached hydrogens (tertiary/aromatic N) is 1. The van der Waals surface area contributed by atoms with Gasteiger partial charge in [0.2, 0.25) is 0 Å². The fourth-order valence-corrected chi connectivity index (χ4v) is 4.34. The maximum absolute atomic E-state index is 13.3. The van der Waals surface area contributed by atoms with Gasteiger partial charge in [-0.25, -0.2) is 4.79 Å². The highest BCUT2D eigenvalue weighted by atomic mass is 19.4. The number of aromatic hydroxyl groups is 1. The van der Waals surface area contributed by atoms with E-state index in [1.165, 1.54) is 79.0 Å². The van der Waals surface area contributed by atoms with Crippen LogP contribution in [0.3, 0.4) is 0 Å². The van der Waals surface area contributed by atoms with Crippen LogP contribution >= 0.6 is 0 Å². The van der Waals surface area contributed by atoms with Crippen LogP contribution in [-0.2, 0) is 23.9 Å². The lowest BCUT2D eigenvalue weighted by molar-refractivity contribution is -0.137. The van der Waals surface area contributed by atoms with Crippen LogP contribution < -0.4 is 4.90 Å². The normalized spacial score (nSPS) is 11.6. The van der Waals surface area contributed by atoms with Gasteiger partial charge in [-0.05, 0) is 65.9 Å². The van der Waals surface area contributed by atoms with Crippen LogP contribution in [0, 0.1) is 0 Å². The summed E-state index contributed by atoms with van der Waals surface area (Å²) in [5, 5.41) is 19.4. The molecule has 0 unspecified atom stereocenters. The van der Waals surface area contributed by atoms with Gasteiger partial charge in [0.1, 0.15) is 11.3 Å². The molecule has 1 amide bonds. The first-order chi connectivity index (χ1) is 19.1. The number of rotatable bonds is 13. The number of benzene rings is 3. The van der Waals surface area contributed by atoms with Gasteiger partial charge < -0.3 is 15.1 Å². The van der Waals surface area contributed by atoms with E-state index in [-0.39, 0.29) is 23.4 Å². The van der Waals surface area contributed by atoms with E-state index in [2.05, 4.69) is 6.92 Å². The van der Waals surface area contributed by atoms with Gasteiger partial charge in [-0.2, -0.15) is 13.2 Å². The highest BCUT2D eigenvalue weighted by molar-refractivity contribution is 6.04. The zero-order valence-corrected chi connectivity index (χ0v) is 22.5. The van der Waals surface area contributed by atoms with Gasteiger partial charge in [0, 0.05) is 11.8 Å². The molecule has 3 aromatic carbocycles. The summed E-state index contributed by atoms with van der Waals surface area (Å²) in [6.45, 7) is 2.28. The van der Waals surface area contributed by atoms with Crippen molar-refractivity contribution in [2.75, 3.05) is 4.90 Å². The molecule has 0 saturated heterocycles. The molecule has 212 valence electrons. The SMILES string of the molecule is CCCCCCCCc1ccc(CN(C(=O)/C=C/c2cccc(C(F)(F)F)c2)c2ccc(O)c(C(=O)O)c2)cc1. The Kier molecular flexibility index (Phi) is 10.9. The Morgan fingerprint density at radius 3 is 2.23 bits per heavy atom. The minimum atomic E-state index is -4.51. The molecule has 3 rings (SSSR count). The Hall–Kier alpha value is -4.07. The lowest BCUT2D eigenvalue weighted by Gasteiger charge is -2.22. The molecule has 3 aromatic rings. The molecule has 5 nitrogen and oxygen atoms in total. The number of carbonyl (C=O) groups excluding carboxylic acids is 1. The van der Waals surface area contributed by atoms with Crippen molar-refractivity contribution in [2.45, 2.75) is 64.6 Å². The van der Waals surface area contributed by atoms with Crippen molar-refractivity contribution in [1.29, 1.82) is 0 Å². The minimum Gasteiger partial charge on any atom is -0.507 e. The molecule has 0 aliphatic carbocycles. The minimum absolute atomic E-state index is 0.0902. The molecule has 0 aliphatic rings. The molecule has 8 heteroatoms. The molecule has 0 fully saturated rings. The molecule has 0 atom stereocenters. The number of amides is 1. The van der Waals surface area contributed by atoms with Crippen molar-refractivity contribution in [3.05, 3.63) is 101 Å². The molecule has 2 N–H and O–H groups in total. The van der Waals surface area contributed by atoms with Gasteiger partial charge in [0.05, 0.1) is 12.1 Å². The predicted octanol–water partition coefficient (Wildman–Crippen LogP) is 8.26. The van der Waals surface area contributed by atoms with E-state index in [4.69, 9.17) is 0 Å². The van der Waals surface area contributed by atoms with Crippen molar-refractivity contribution in [2.24, 2.45) is 0 Å². The van der Waals surface area contributed by atoms with Gasteiger partial charge in [-0.1, -0.05) is 75.4 Å². The maximum Gasteiger partial charge on any atom is 0.416 e. The van der Waals surface area contributed by atoms with Crippen molar-refractivity contribution >= 4 is 23.6 Å². The number of alkyl halides is 3. The molecule has 0 spiro atoms. The number of phenols is 1. The smallest absolute Gasteiger partial charge is 0.416 e. The van der Waals surface area contributed by atoms with E-state index in [0.717, 1.165) is 36.6 Å². The maximum atomic E-state index is 13.3. The molecule has 0 bridgehead atoms. The number of aryl methyl sites for hydroxylation is 1. The molecule has 0 aliphatic heterocycles. The fraction of sp³-hybridized carbons (Fsp3) is 0.312. The highest BCUT2D eigenvalue weighted by Gasteiger charge is 2.30. The Morgan fingerprint density at radius 2 is 1.55 bits per heavy atom. The number of carboxylic acids is 1. The second kappa shape index (κ2) is 14.4. The summed E-state index contributed by atoms with van der Waals surface area (Å²) in [5.41, 5.74) is 1.19. The number of anilines is 1. The van der Waals surface area contributed by atoms with E-state index < -0.39 is 29.4 Å². The Bertz CT molecular complexity index is 1320. The Balaban J connectivity index is 1.80. The standard InChI is InChI=1S/C32H34F3NO4/c1-2-3-4-5-6-7-9-23-12-14-25(15-13-23)22-36(27-17-18-29(37)28(21-27)31(39)40)30(38)19-16-24-10-8-11-26(20-24)32(33,34)35/h8,10-21,37H,2-7,9,22H2,1H3,(H,39,40)/b19-16+. The van der Waals surface area contributed by atoms with Crippen LogP contribution in [0.1, 0.15) is 78.1 Å². The summed E-state index contributed by atoms with van der Waals surface area (Å²) in [7, 11) is 0. The predicted molar refractivity (Wildman–Crippen MR) is 150 cm³/mol. The van der Waals surface area contributed by atoms with Gasteiger partial charge in [0.15, 0.2) is 0 Å². The van der Waals surface area contributed by atoms with E-state index in [9.17, 15) is 33.0 Å². The van der Waals surface area contributed by atoms with Gasteiger partial charge in [-0.15, -0.1) is 0 Å². The van der Waals surface area contributed by atoms with Crippen LogP contribution in [0.4, 0.5) is 18.9 Å². The lowest BCUT2D eigenvalue weighted by atomic mass is 10.0. The van der Waals surface area contributed by atoms with Crippen LogP contribution in [0.15, 0.2) is 72.8 Å².